The molecule has 0 aliphatic carbocycles. The van der Waals surface area contributed by atoms with Gasteiger partial charge >= 0.3 is 18.2 Å². The third-order valence-electron chi connectivity index (χ3n) is 3.33. The molecule has 0 amide bonds. The number of unbranched alkanes of at least 4 members (excludes halogenated alkanes) is 6. The minimum Gasteiger partial charge on any atom is -0.353 e. The molecule has 4 heteroatoms. The van der Waals surface area contributed by atoms with Crippen LogP contribution in [0.3, 0.4) is 0 Å². The summed E-state index contributed by atoms with van der Waals surface area (Å²) in [5.74, 6) is 3.21. The molecule has 19 heavy (non-hydrogen) atoms. The second kappa shape index (κ2) is 13.7. The van der Waals surface area contributed by atoms with Crippen molar-refractivity contribution in [2.45, 2.75) is 70.5 Å². The third-order valence-corrected chi connectivity index (χ3v) is 4.55. The fourth-order valence-corrected chi connectivity index (χ4v) is 3.08. The van der Waals surface area contributed by atoms with Crippen molar-refractivity contribution in [3.8, 4) is 9.97 Å². The van der Waals surface area contributed by atoms with Crippen molar-refractivity contribution in [2.24, 2.45) is 0 Å². The standard InChI is InChI=1S/C15H25O2.BrH.Mg/c1-2-3-4-5-6-7-8-10-13-16-15-12-9-11-14-17-15;;/h15H,3-14H2;1H;/q;;+1/p-1. The number of hydrogen-bond donors (Lipinski definition) is 0. The normalized spacial score (nSPS) is 18.5. The molecule has 1 rings (SSSR count). The van der Waals surface area contributed by atoms with Gasteiger partial charge in [0.05, 0.1) is 0 Å². The van der Waals surface area contributed by atoms with Crippen molar-refractivity contribution >= 4 is 31.1 Å². The molecule has 1 saturated heterocycles. The fraction of sp³-hybridized carbons (Fsp3) is 0.867. The molecule has 106 valence electrons. The Morgan fingerprint density at radius 1 is 1.11 bits per heavy atom. The molecule has 1 heterocycles. The molecule has 1 aliphatic rings. The quantitative estimate of drug-likeness (QED) is 0.355. The maximum atomic E-state index is 5.71. The molecule has 0 radical (unpaired) electrons. The first kappa shape index (κ1) is 17.8. The summed E-state index contributed by atoms with van der Waals surface area (Å²) < 4.78 is 14.4. The summed E-state index contributed by atoms with van der Waals surface area (Å²) >= 11 is 3.22. The van der Waals surface area contributed by atoms with Gasteiger partial charge in [-0.1, -0.05) is 25.7 Å². The molecule has 0 N–H and O–H groups in total. The Hall–Kier alpha value is 0.726. The monoisotopic (exact) mass is 340 g/mol. The molecular formula is C15H25BrMgO2. The smallest absolute Gasteiger partial charge is 0.353 e. The first-order chi connectivity index (χ1) is 9.43. The zero-order valence-electron chi connectivity index (χ0n) is 12.0. The summed E-state index contributed by atoms with van der Waals surface area (Å²) in [6.45, 7) is 1.75. The zero-order chi connectivity index (χ0) is 13.6. The topological polar surface area (TPSA) is 18.5 Å². The van der Waals surface area contributed by atoms with E-state index in [1.54, 1.807) is 0 Å². The van der Waals surface area contributed by atoms with Gasteiger partial charge in [-0.3, -0.25) is 16.9 Å². The highest BCUT2D eigenvalue weighted by molar-refractivity contribution is 9.23. The molecule has 0 spiro atoms. The van der Waals surface area contributed by atoms with E-state index in [1.807, 2.05) is 0 Å². The maximum absolute atomic E-state index is 5.71. The van der Waals surface area contributed by atoms with Crippen molar-refractivity contribution in [1.82, 2.24) is 0 Å². The maximum Gasteiger partial charge on any atom is 0.569 e. The van der Waals surface area contributed by atoms with E-state index < -0.39 is 0 Å². The predicted octanol–water partition coefficient (Wildman–Crippen LogP) is 4.24. The minimum absolute atomic E-state index is 0.0882. The summed E-state index contributed by atoms with van der Waals surface area (Å²) in [4.78, 5) is 0. The Morgan fingerprint density at radius 3 is 2.63 bits per heavy atom. The summed E-state index contributed by atoms with van der Waals surface area (Å²) in [6.07, 6.45) is 12.4. The first-order valence-corrected chi connectivity index (χ1v) is 12.3. The van der Waals surface area contributed by atoms with Crippen LogP contribution in [0.5, 0.6) is 0 Å². The summed E-state index contributed by atoms with van der Waals surface area (Å²) in [7, 11) is 0. The summed E-state index contributed by atoms with van der Waals surface area (Å²) in [5, 5.41) is 0. The van der Waals surface area contributed by atoms with E-state index in [0.29, 0.717) is 0 Å². The van der Waals surface area contributed by atoms with E-state index in [9.17, 15) is 0 Å². The van der Waals surface area contributed by atoms with Gasteiger partial charge < -0.3 is 9.47 Å². The fourth-order valence-electron chi connectivity index (χ4n) is 2.22. The molecule has 1 fully saturated rings. The van der Waals surface area contributed by atoms with E-state index in [1.165, 1.54) is 51.4 Å². The molecule has 0 aromatic carbocycles. The number of ether oxygens (including phenoxy) is 2. The van der Waals surface area contributed by atoms with E-state index in [0.717, 1.165) is 26.1 Å². The lowest BCUT2D eigenvalue weighted by atomic mass is 10.1. The molecule has 2 nitrogen and oxygen atoms in total. The van der Waals surface area contributed by atoms with Crippen LogP contribution < -0.4 is 0 Å². The highest BCUT2D eigenvalue weighted by Crippen LogP contribution is 2.14. The van der Waals surface area contributed by atoms with Crippen LogP contribution in [-0.4, -0.2) is 37.7 Å². The summed E-state index contributed by atoms with van der Waals surface area (Å²) in [5.41, 5.74) is 0. The molecule has 1 unspecified atom stereocenters. The van der Waals surface area contributed by atoms with Gasteiger partial charge in [-0.25, -0.2) is 0 Å². The predicted molar refractivity (Wildman–Crippen MR) is 84.3 cm³/mol. The highest BCUT2D eigenvalue weighted by Gasteiger charge is 2.13. The number of rotatable bonds is 9. The molecule has 1 atom stereocenters. The first-order valence-electron chi connectivity index (χ1n) is 7.68. The largest absolute Gasteiger partial charge is 0.569 e. The van der Waals surface area contributed by atoms with Crippen molar-refractivity contribution in [3.05, 3.63) is 0 Å². The second-order valence-corrected chi connectivity index (χ2v) is 7.33. The van der Waals surface area contributed by atoms with Gasteiger partial charge in [0.15, 0.2) is 6.29 Å². The number of halogens is 1. The Labute approximate surface area is 134 Å². The summed E-state index contributed by atoms with van der Waals surface area (Å²) in [6, 6.07) is 0. The number of hydrogen-bond acceptors (Lipinski definition) is 2. The van der Waals surface area contributed by atoms with Crippen molar-refractivity contribution < 1.29 is 9.47 Å². The van der Waals surface area contributed by atoms with Crippen LogP contribution in [0.1, 0.15) is 64.2 Å². The Morgan fingerprint density at radius 2 is 1.89 bits per heavy atom. The van der Waals surface area contributed by atoms with E-state index in [4.69, 9.17) is 9.47 Å². The van der Waals surface area contributed by atoms with Gasteiger partial charge in [-0.2, -0.15) is 0 Å². The second-order valence-electron chi connectivity index (χ2n) is 5.03. The molecule has 1 aliphatic heterocycles. The molecule has 0 aromatic rings. The molecule has 0 aromatic heterocycles. The van der Waals surface area contributed by atoms with Gasteiger partial charge in [-0.15, -0.1) is 5.92 Å². The van der Waals surface area contributed by atoms with Crippen LogP contribution in [0.25, 0.3) is 0 Å². The Balaban J connectivity index is 1.76. The van der Waals surface area contributed by atoms with Crippen LogP contribution in [0, 0.1) is 9.97 Å². The van der Waals surface area contributed by atoms with Gasteiger partial charge in [-0.05, 0) is 32.1 Å². The lowest BCUT2D eigenvalue weighted by Crippen LogP contribution is -2.22. The Bertz CT molecular complexity index is 257. The van der Waals surface area contributed by atoms with Crippen LogP contribution in [0.15, 0.2) is 0 Å². The van der Waals surface area contributed by atoms with E-state index in [-0.39, 0.29) is 24.5 Å². The molecular weight excluding hydrogens is 316 g/mol. The average Bonchev–Trinajstić information content (AvgIpc) is 2.46. The average molecular weight is 342 g/mol. The molecule has 0 bridgehead atoms. The van der Waals surface area contributed by atoms with Crippen LogP contribution in [-0.2, 0) is 9.47 Å². The van der Waals surface area contributed by atoms with Crippen molar-refractivity contribution in [2.75, 3.05) is 13.2 Å². The van der Waals surface area contributed by atoms with Gasteiger partial charge in [0.25, 0.3) is 0 Å². The van der Waals surface area contributed by atoms with Gasteiger partial charge in [0, 0.05) is 19.6 Å². The highest BCUT2D eigenvalue weighted by atomic mass is 79.9. The van der Waals surface area contributed by atoms with Crippen LogP contribution in [0.4, 0.5) is 0 Å². The van der Waals surface area contributed by atoms with E-state index >= 15 is 0 Å². The minimum atomic E-state index is -0.221. The lowest BCUT2D eigenvalue weighted by molar-refractivity contribution is -0.162. The zero-order valence-corrected chi connectivity index (χ0v) is 15.0. The van der Waals surface area contributed by atoms with Gasteiger partial charge in [0.1, 0.15) is 0 Å². The van der Waals surface area contributed by atoms with Crippen LogP contribution in [0.2, 0.25) is 0 Å². The lowest BCUT2D eigenvalue weighted by Gasteiger charge is -2.22. The van der Waals surface area contributed by atoms with Crippen molar-refractivity contribution in [3.63, 3.8) is 0 Å². The van der Waals surface area contributed by atoms with E-state index in [2.05, 4.69) is 22.9 Å². The molecule has 0 saturated carbocycles. The van der Waals surface area contributed by atoms with Crippen LogP contribution >= 0.6 is 12.9 Å². The third kappa shape index (κ3) is 11.1. The SMILES string of the molecule is [Br][Mg][C]#CCCCCCCCCOC1CCCCO1. The van der Waals surface area contributed by atoms with Gasteiger partial charge in [0.2, 0.25) is 0 Å². The van der Waals surface area contributed by atoms with Crippen molar-refractivity contribution in [1.29, 1.82) is 0 Å². The Kier molecular flexibility index (Phi) is 12.8.